The standard InChI is InChI=1S/C22H31N3O4/c1-3-5-14-28-19-10-8-9-18(16-19)20(22-23-12-13-24-22)17-25-29-15-7-6-11-21(26)27-4-2/h8-10,12-13,16-17,20H,3-7,11,14-15H2,1-2H3,(H,23,24). The van der Waals surface area contributed by atoms with Crippen LogP contribution >= 0.6 is 0 Å². The third-order valence-electron chi connectivity index (χ3n) is 4.25. The average molecular weight is 402 g/mol. The highest BCUT2D eigenvalue weighted by atomic mass is 16.6. The Hall–Kier alpha value is -2.83. The second kappa shape index (κ2) is 13.4. The lowest BCUT2D eigenvalue weighted by Crippen LogP contribution is -2.07. The number of nitrogens with zero attached hydrogens (tertiary/aromatic N) is 2. The summed E-state index contributed by atoms with van der Waals surface area (Å²) in [6.07, 6.45) is 9.21. The van der Waals surface area contributed by atoms with Gasteiger partial charge in [0.2, 0.25) is 0 Å². The molecule has 2 rings (SSSR count). The third kappa shape index (κ3) is 8.37. The molecule has 0 spiro atoms. The van der Waals surface area contributed by atoms with E-state index in [1.807, 2.05) is 24.3 Å². The van der Waals surface area contributed by atoms with Crippen LogP contribution in [0.4, 0.5) is 0 Å². The summed E-state index contributed by atoms with van der Waals surface area (Å²) in [4.78, 5) is 24.2. The topological polar surface area (TPSA) is 85.8 Å². The van der Waals surface area contributed by atoms with Gasteiger partial charge in [0.05, 0.1) is 25.3 Å². The van der Waals surface area contributed by atoms with Gasteiger partial charge in [-0.05, 0) is 43.9 Å². The zero-order valence-corrected chi connectivity index (χ0v) is 17.3. The highest BCUT2D eigenvalue weighted by Crippen LogP contribution is 2.24. The number of benzene rings is 1. The van der Waals surface area contributed by atoms with Crippen molar-refractivity contribution in [2.24, 2.45) is 5.16 Å². The van der Waals surface area contributed by atoms with E-state index in [9.17, 15) is 4.79 Å². The van der Waals surface area contributed by atoms with Crippen molar-refractivity contribution in [3.05, 3.63) is 48.0 Å². The first kappa shape index (κ1) is 22.5. The zero-order chi connectivity index (χ0) is 20.7. The number of hydrogen-bond acceptors (Lipinski definition) is 6. The van der Waals surface area contributed by atoms with Crippen molar-refractivity contribution in [1.29, 1.82) is 0 Å². The maximum atomic E-state index is 11.3. The van der Waals surface area contributed by atoms with Crippen molar-refractivity contribution in [3.8, 4) is 5.75 Å². The van der Waals surface area contributed by atoms with E-state index in [4.69, 9.17) is 14.3 Å². The molecule has 1 N–H and O–H groups in total. The minimum absolute atomic E-state index is 0.167. The zero-order valence-electron chi connectivity index (χ0n) is 17.3. The molecule has 1 heterocycles. The minimum Gasteiger partial charge on any atom is -0.494 e. The van der Waals surface area contributed by atoms with Gasteiger partial charge in [-0.1, -0.05) is 30.6 Å². The first-order valence-electron chi connectivity index (χ1n) is 10.3. The fraction of sp³-hybridized carbons (Fsp3) is 0.500. The Labute approximate surface area is 172 Å². The van der Waals surface area contributed by atoms with Crippen molar-refractivity contribution >= 4 is 12.2 Å². The van der Waals surface area contributed by atoms with E-state index in [-0.39, 0.29) is 11.9 Å². The third-order valence-corrected chi connectivity index (χ3v) is 4.25. The number of nitrogens with one attached hydrogen (secondary N) is 1. The van der Waals surface area contributed by atoms with Gasteiger partial charge in [0, 0.05) is 18.8 Å². The first-order chi connectivity index (χ1) is 14.2. The molecule has 7 nitrogen and oxygen atoms in total. The van der Waals surface area contributed by atoms with Crippen molar-refractivity contribution in [2.45, 2.75) is 51.9 Å². The second-order valence-corrected chi connectivity index (χ2v) is 6.58. The summed E-state index contributed by atoms with van der Waals surface area (Å²) in [6, 6.07) is 7.95. The number of carbonyl (C=O) groups is 1. The SMILES string of the molecule is CCCCOc1cccc(C(C=NOCCCCC(=O)OCC)c2ncc[nH]2)c1. The summed E-state index contributed by atoms with van der Waals surface area (Å²) < 4.78 is 10.7. The molecule has 1 unspecified atom stereocenters. The number of aromatic nitrogens is 2. The lowest BCUT2D eigenvalue weighted by Gasteiger charge is -2.12. The summed E-state index contributed by atoms with van der Waals surface area (Å²) in [7, 11) is 0. The van der Waals surface area contributed by atoms with E-state index >= 15 is 0 Å². The molecule has 0 aliphatic heterocycles. The number of hydrogen-bond donors (Lipinski definition) is 1. The molecule has 0 saturated carbocycles. The number of rotatable bonds is 14. The van der Waals surface area contributed by atoms with Crippen LogP contribution in [-0.4, -0.2) is 42.0 Å². The van der Waals surface area contributed by atoms with Crippen LogP contribution in [0.15, 0.2) is 41.8 Å². The Morgan fingerprint density at radius 1 is 1.24 bits per heavy atom. The maximum absolute atomic E-state index is 11.3. The lowest BCUT2D eigenvalue weighted by atomic mass is 9.99. The molecular formula is C22H31N3O4. The number of H-pyrrole nitrogens is 1. The normalized spacial score (nSPS) is 12.1. The number of imidazole rings is 1. The van der Waals surface area contributed by atoms with Gasteiger partial charge in [-0.2, -0.15) is 0 Å². The largest absolute Gasteiger partial charge is 0.494 e. The van der Waals surface area contributed by atoms with E-state index in [1.54, 1.807) is 25.5 Å². The molecule has 0 aliphatic rings. The van der Waals surface area contributed by atoms with Gasteiger partial charge in [-0.15, -0.1) is 0 Å². The van der Waals surface area contributed by atoms with Crippen molar-refractivity contribution in [3.63, 3.8) is 0 Å². The van der Waals surface area contributed by atoms with Crippen molar-refractivity contribution in [1.82, 2.24) is 9.97 Å². The Kier molecular flexibility index (Phi) is 10.3. The van der Waals surface area contributed by atoms with Gasteiger partial charge in [-0.3, -0.25) is 4.79 Å². The highest BCUT2D eigenvalue weighted by molar-refractivity contribution is 5.71. The van der Waals surface area contributed by atoms with Gasteiger partial charge in [-0.25, -0.2) is 4.98 Å². The van der Waals surface area contributed by atoms with E-state index in [2.05, 4.69) is 22.0 Å². The van der Waals surface area contributed by atoms with E-state index in [0.29, 0.717) is 32.7 Å². The molecule has 29 heavy (non-hydrogen) atoms. The molecular weight excluding hydrogens is 370 g/mol. The van der Waals surface area contributed by atoms with Gasteiger partial charge in [0.1, 0.15) is 18.2 Å². The minimum atomic E-state index is -0.171. The summed E-state index contributed by atoms with van der Waals surface area (Å²) in [5.74, 6) is 1.28. The summed E-state index contributed by atoms with van der Waals surface area (Å²) in [5, 5.41) is 4.12. The maximum Gasteiger partial charge on any atom is 0.305 e. The van der Waals surface area contributed by atoms with E-state index in [0.717, 1.165) is 36.4 Å². The second-order valence-electron chi connectivity index (χ2n) is 6.58. The van der Waals surface area contributed by atoms with Gasteiger partial charge >= 0.3 is 5.97 Å². The quantitative estimate of drug-likeness (QED) is 0.219. The Bertz CT molecular complexity index is 731. The van der Waals surface area contributed by atoms with Crippen LogP contribution in [0.3, 0.4) is 0 Å². The smallest absolute Gasteiger partial charge is 0.305 e. The number of aromatic amines is 1. The molecule has 0 saturated heterocycles. The number of esters is 1. The number of oxime groups is 1. The van der Waals surface area contributed by atoms with Crippen molar-refractivity contribution < 1.29 is 19.1 Å². The number of carbonyl (C=O) groups excluding carboxylic acids is 1. The molecule has 158 valence electrons. The van der Waals surface area contributed by atoms with Crippen LogP contribution in [0.25, 0.3) is 0 Å². The lowest BCUT2D eigenvalue weighted by molar-refractivity contribution is -0.143. The summed E-state index contributed by atoms with van der Waals surface area (Å²) >= 11 is 0. The predicted octanol–water partition coefficient (Wildman–Crippen LogP) is 4.46. The molecule has 0 fully saturated rings. The number of unbranched alkanes of at least 4 members (excludes halogenated alkanes) is 2. The highest BCUT2D eigenvalue weighted by Gasteiger charge is 2.15. The fourth-order valence-electron chi connectivity index (χ4n) is 2.72. The van der Waals surface area contributed by atoms with Gasteiger partial charge < -0.3 is 19.3 Å². The number of ether oxygens (including phenoxy) is 2. The van der Waals surface area contributed by atoms with Gasteiger partial charge in [0.25, 0.3) is 0 Å². The van der Waals surface area contributed by atoms with E-state index in [1.165, 1.54) is 0 Å². The molecule has 7 heteroatoms. The molecule has 0 amide bonds. The molecule has 1 aromatic heterocycles. The van der Waals surface area contributed by atoms with E-state index < -0.39 is 0 Å². The van der Waals surface area contributed by atoms with Crippen LogP contribution in [0.2, 0.25) is 0 Å². The average Bonchev–Trinajstić information content (AvgIpc) is 3.25. The van der Waals surface area contributed by atoms with Crippen LogP contribution in [0.1, 0.15) is 63.3 Å². The van der Waals surface area contributed by atoms with Crippen LogP contribution in [0.5, 0.6) is 5.75 Å². The molecule has 0 aliphatic carbocycles. The monoisotopic (exact) mass is 401 g/mol. The van der Waals surface area contributed by atoms with Crippen LogP contribution in [0, 0.1) is 0 Å². The molecule has 1 aromatic carbocycles. The van der Waals surface area contributed by atoms with Crippen LogP contribution in [-0.2, 0) is 14.4 Å². The Morgan fingerprint density at radius 3 is 2.90 bits per heavy atom. The van der Waals surface area contributed by atoms with Crippen molar-refractivity contribution in [2.75, 3.05) is 19.8 Å². The molecule has 1 atom stereocenters. The predicted molar refractivity (Wildman–Crippen MR) is 112 cm³/mol. The Morgan fingerprint density at radius 2 is 2.14 bits per heavy atom. The molecule has 0 radical (unpaired) electrons. The van der Waals surface area contributed by atoms with Crippen LogP contribution < -0.4 is 4.74 Å². The summed E-state index contributed by atoms with van der Waals surface area (Å²) in [5.41, 5.74) is 1.02. The summed E-state index contributed by atoms with van der Waals surface area (Å²) in [6.45, 7) is 5.51. The first-order valence-corrected chi connectivity index (χ1v) is 10.3. The Balaban J connectivity index is 1.90. The molecule has 2 aromatic rings. The van der Waals surface area contributed by atoms with Gasteiger partial charge in [0.15, 0.2) is 0 Å². The fourth-order valence-corrected chi connectivity index (χ4v) is 2.72. The molecule has 0 bridgehead atoms.